The van der Waals surface area contributed by atoms with Gasteiger partial charge in [-0.1, -0.05) is 208 Å². The predicted molar refractivity (Wildman–Crippen MR) is 271 cm³/mol. The highest BCUT2D eigenvalue weighted by atomic mass is 16.5. The number of rotatable bonds is 4. The molecule has 10 aromatic carbocycles. The van der Waals surface area contributed by atoms with Gasteiger partial charge < -0.3 is 9.64 Å². The van der Waals surface area contributed by atoms with Gasteiger partial charge in [-0.05, 0) is 114 Å². The molecule has 1 heterocycles. The SMILES string of the molecule is CC1(C)c2ccccc2-c2ccc(N(c3ccc4c(c3)C3(c5ccccc5-c5ccccc53)c3ccccc3-4)c3cccc4c3Oc3c(-c5ccccc5)cccc3-c3ccccc3-4)cc21. The van der Waals surface area contributed by atoms with Gasteiger partial charge in [0.05, 0.1) is 11.1 Å². The van der Waals surface area contributed by atoms with E-state index in [1.165, 1.54) is 66.8 Å². The molecule has 0 bridgehead atoms. The van der Waals surface area contributed by atoms with Gasteiger partial charge in [-0.3, -0.25) is 0 Å². The lowest BCUT2D eigenvalue weighted by Gasteiger charge is -2.33. The van der Waals surface area contributed by atoms with Crippen LogP contribution in [0.15, 0.2) is 224 Å². The molecule has 0 saturated carbocycles. The minimum absolute atomic E-state index is 0.193. The monoisotopic (exact) mass is 841 g/mol. The van der Waals surface area contributed by atoms with Gasteiger partial charge in [0.25, 0.3) is 0 Å². The second kappa shape index (κ2) is 13.7. The van der Waals surface area contributed by atoms with E-state index in [-0.39, 0.29) is 5.41 Å². The Labute approximate surface area is 385 Å². The van der Waals surface area contributed by atoms with Crippen molar-refractivity contribution in [1.82, 2.24) is 0 Å². The van der Waals surface area contributed by atoms with E-state index >= 15 is 0 Å². The summed E-state index contributed by atoms with van der Waals surface area (Å²) < 4.78 is 7.60. The molecule has 10 aromatic rings. The molecule has 66 heavy (non-hydrogen) atoms. The number of nitrogens with zero attached hydrogens (tertiary/aromatic N) is 1. The zero-order valence-electron chi connectivity index (χ0n) is 36.7. The normalized spacial score (nSPS) is 14.3. The van der Waals surface area contributed by atoms with E-state index < -0.39 is 5.41 Å². The molecule has 0 aromatic heterocycles. The lowest BCUT2D eigenvalue weighted by Crippen LogP contribution is -2.26. The highest BCUT2D eigenvalue weighted by molar-refractivity contribution is 6.00. The quantitative estimate of drug-likeness (QED) is 0.175. The van der Waals surface area contributed by atoms with E-state index in [4.69, 9.17) is 4.74 Å². The molecule has 1 aliphatic heterocycles. The highest BCUT2D eigenvalue weighted by Gasteiger charge is 2.52. The number of para-hydroxylation sites is 2. The number of hydrogen-bond donors (Lipinski definition) is 0. The number of hydrogen-bond acceptors (Lipinski definition) is 2. The van der Waals surface area contributed by atoms with Crippen molar-refractivity contribution < 1.29 is 4.74 Å². The van der Waals surface area contributed by atoms with E-state index in [0.29, 0.717) is 0 Å². The Balaban J connectivity index is 1.06. The molecule has 2 heteroatoms. The molecule has 2 nitrogen and oxygen atoms in total. The van der Waals surface area contributed by atoms with Crippen molar-refractivity contribution in [3.8, 4) is 78.3 Å². The molecule has 0 N–H and O–H groups in total. The van der Waals surface area contributed by atoms with E-state index in [9.17, 15) is 0 Å². The van der Waals surface area contributed by atoms with Gasteiger partial charge in [0, 0.05) is 33.5 Å². The van der Waals surface area contributed by atoms with Crippen LogP contribution in [0.5, 0.6) is 11.5 Å². The zero-order chi connectivity index (χ0) is 43.7. The molecule has 3 aliphatic carbocycles. The molecule has 0 fully saturated rings. The van der Waals surface area contributed by atoms with Crippen LogP contribution in [-0.4, -0.2) is 0 Å². The first-order valence-electron chi connectivity index (χ1n) is 23.1. The summed E-state index contributed by atoms with van der Waals surface area (Å²) in [6.45, 7) is 4.74. The average molecular weight is 842 g/mol. The van der Waals surface area contributed by atoms with Crippen molar-refractivity contribution in [2.45, 2.75) is 24.7 Å². The number of anilines is 3. The smallest absolute Gasteiger partial charge is 0.159 e. The van der Waals surface area contributed by atoms with Crippen LogP contribution in [0.25, 0.3) is 66.8 Å². The molecular formula is C64H43NO. The molecule has 14 rings (SSSR count). The maximum absolute atomic E-state index is 7.60. The topological polar surface area (TPSA) is 12.5 Å². The maximum Gasteiger partial charge on any atom is 0.159 e. The van der Waals surface area contributed by atoms with Crippen LogP contribution in [0.4, 0.5) is 17.1 Å². The average Bonchev–Trinajstić information content (AvgIpc) is 3.88. The van der Waals surface area contributed by atoms with E-state index in [0.717, 1.165) is 61.9 Å². The fraction of sp³-hybridized carbons (Fsp3) is 0.0625. The molecule has 1 spiro atoms. The minimum Gasteiger partial charge on any atom is -0.453 e. The van der Waals surface area contributed by atoms with Crippen molar-refractivity contribution in [3.05, 3.63) is 258 Å². The molecule has 0 atom stereocenters. The van der Waals surface area contributed by atoms with Crippen LogP contribution < -0.4 is 9.64 Å². The zero-order valence-corrected chi connectivity index (χ0v) is 36.7. The van der Waals surface area contributed by atoms with Gasteiger partial charge in [0.1, 0.15) is 5.75 Å². The number of benzene rings is 10. The minimum atomic E-state index is -0.491. The van der Waals surface area contributed by atoms with E-state index in [1.54, 1.807) is 0 Å². The van der Waals surface area contributed by atoms with Crippen molar-refractivity contribution in [1.29, 1.82) is 0 Å². The summed E-state index contributed by atoms with van der Waals surface area (Å²) in [5, 5.41) is 0. The Kier molecular flexibility index (Phi) is 7.70. The third-order valence-corrected chi connectivity index (χ3v) is 15.1. The molecule has 310 valence electrons. The summed E-state index contributed by atoms with van der Waals surface area (Å²) in [5.41, 5.74) is 24.8. The summed E-state index contributed by atoms with van der Waals surface area (Å²) in [7, 11) is 0. The lowest BCUT2D eigenvalue weighted by atomic mass is 9.70. The first-order valence-corrected chi connectivity index (χ1v) is 23.1. The van der Waals surface area contributed by atoms with Crippen LogP contribution in [0.3, 0.4) is 0 Å². The molecule has 0 saturated heterocycles. The van der Waals surface area contributed by atoms with Crippen molar-refractivity contribution in [2.75, 3.05) is 4.90 Å². The van der Waals surface area contributed by atoms with Gasteiger partial charge in [-0.25, -0.2) is 0 Å². The van der Waals surface area contributed by atoms with Gasteiger partial charge in [0.15, 0.2) is 5.75 Å². The first-order chi connectivity index (χ1) is 32.5. The molecule has 4 aliphatic rings. The van der Waals surface area contributed by atoms with Gasteiger partial charge in [-0.15, -0.1) is 0 Å². The molecular weight excluding hydrogens is 799 g/mol. The Morgan fingerprint density at radius 3 is 1.30 bits per heavy atom. The van der Waals surface area contributed by atoms with Crippen LogP contribution >= 0.6 is 0 Å². The molecule has 0 unspecified atom stereocenters. The van der Waals surface area contributed by atoms with Crippen LogP contribution in [0.2, 0.25) is 0 Å². The van der Waals surface area contributed by atoms with Crippen molar-refractivity contribution in [3.63, 3.8) is 0 Å². The lowest BCUT2D eigenvalue weighted by molar-refractivity contribution is 0.490. The van der Waals surface area contributed by atoms with Gasteiger partial charge in [0.2, 0.25) is 0 Å². The number of ether oxygens (including phenoxy) is 1. The first kappa shape index (κ1) is 37.2. The van der Waals surface area contributed by atoms with Crippen LogP contribution in [-0.2, 0) is 10.8 Å². The largest absolute Gasteiger partial charge is 0.453 e. The summed E-state index contributed by atoms with van der Waals surface area (Å²) >= 11 is 0. The summed E-state index contributed by atoms with van der Waals surface area (Å²) in [5.74, 6) is 1.68. The van der Waals surface area contributed by atoms with Gasteiger partial charge in [-0.2, -0.15) is 0 Å². The van der Waals surface area contributed by atoms with Gasteiger partial charge >= 0.3 is 0 Å². The Morgan fingerprint density at radius 1 is 0.303 bits per heavy atom. The summed E-state index contributed by atoms with van der Waals surface area (Å²) in [6, 6.07) is 83.1. The Morgan fingerprint density at radius 2 is 0.712 bits per heavy atom. The summed E-state index contributed by atoms with van der Waals surface area (Å²) in [6.07, 6.45) is 0. The Hall–Kier alpha value is -8.20. The van der Waals surface area contributed by atoms with Crippen molar-refractivity contribution in [2.24, 2.45) is 0 Å². The number of fused-ring (bicyclic) bond motifs is 18. The molecule has 0 radical (unpaired) electrons. The van der Waals surface area contributed by atoms with Crippen LogP contribution in [0, 0.1) is 0 Å². The third kappa shape index (κ3) is 4.91. The second-order valence-electron chi connectivity index (χ2n) is 18.7. The fourth-order valence-corrected chi connectivity index (χ4v) is 12.3. The molecule has 0 amide bonds. The highest BCUT2D eigenvalue weighted by Crippen LogP contribution is 2.64. The van der Waals surface area contributed by atoms with Crippen LogP contribution in [0.1, 0.15) is 47.2 Å². The van der Waals surface area contributed by atoms with Crippen molar-refractivity contribution >= 4 is 17.1 Å². The fourth-order valence-electron chi connectivity index (χ4n) is 12.3. The van der Waals surface area contributed by atoms with E-state index in [2.05, 4.69) is 243 Å². The second-order valence-corrected chi connectivity index (χ2v) is 18.7. The standard InChI is InChI=1S/C64H43NO/c1-63(2)54-29-12-8-22-46(54)50-36-34-41(38-58(50)63)65(60-33-17-28-53-45-21-7-6-20-44(45)52-27-16-26-43(61(52)66-62(53)60)40-18-4-3-5-19-40)42-35-37-51-49-25-11-15-32-57(49)64(59(51)39-42)55-30-13-9-23-47(55)48-24-10-14-31-56(48)64/h3-39H,1-2H3. The third-order valence-electron chi connectivity index (χ3n) is 15.1. The predicted octanol–water partition coefficient (Wildman–Crippen LogP) is 16.9. The Bertz CT molecular complexity index is 3610. The summed E-state index contributed by atoms with van der Waals surface area (Å²) in [4.78, 5) is 2.47. The van der Waals surface area contributed by atoms with E-state index in [1.807, 2.05) is 0 Å². The maximum atomic E-state index is 7.60.